The third-order valence-corrected chi connectivity index (χ3v) is 9.13. The smallest absolute Gasteiger partial charge is 0.410 e. The average molecular weight is 627 g/mol. The summed E-state index contributed by atoms with van der Waals surface area (Å²) in [4.78, 5) is 27.9. The first-order valence-electron chi connectivity index (χ1n) is 16.3. The van der Waals surface area contributed by atoms with E-state index in [-0.39, 0.29) is 34.4 Å². The van der Waals surface area contributed by atoms with Gasteiger partial charge in [0.1, 0.15) is 23.8 Å². The van der Waals surface area contributed by atoms with Crippen LogP contribution in [0.1, 0.15) is 95.1 Å². The zero-order valence-electron chi connectivity index (χ0n) is 26.9. The third kappa shape index (κ3) is 7.03. The molecule has 3 aliphatic heterocycles. The van der Waals surface area contributed by atoms with Crippen molar-refractivity contribution in [3.05, 3.63) is 41.7 Å². The van der Waals surface area contributed by atoms with Crippen molar-refractivity contribution in [3.63, 3.8) is 0 Å². The second-order valence-corrected chi connectivity index (χ2v) is 12.1. The fourth-order valence-corrected chi connectivity index (χ4v) is 6.68. The van der Waals surface area contributed by atoms with Crippen LogP contribution in [0.25, 0.3) is 5.57 Å². The topological polar surface area (TPSA) is 161 Å². The molecule has 248 valence electrons. The van der Waals surface area contributed by atoms with Gasteiger partial charge in [0.05, 0.1) is 35.2 Å². The summed E-state index contributed by atoms with van der Waals surface area (Å²) in [6.45, 7) is 4.44. The zero-order valence-corrected chi connectivity index (χ0v) is 26.9. The van der Waals surface area contributed by atoms with E-state index in [2.05, 4.69) is 31.2 Å². The number of aromatic hydroxyl groups is 2. The summed E-state index contributed by atoms with van der Waals surface area (Å²) in [5.41, 5.74) is 10.9. The van der Waals surface area contributed by atoms with Gasteiger partial charge in [0, 0.05) is 19.2 Å². The van der Waals surface area contributed by atoms with Crippen molar-refractivity contribution in [1.82, 2.24) is 4.90 Å². The number of rotatable bonds is 17. The van der Waals surface area contributed by atoms with Crippen LogP contribution < -0.4 is 16.4 Å². The lowest BCUT2D eigenvalue weighted by Crippen LogP contribution is -2.51. The third-order valence-electron chi connectivity index (χ3n) is 9.13. The van der Waals surface area contributed by atoms with Crippen LogP contribution in [0.5, 0.6) is 11.5 Å². The second kappa shape index (κ2) is 15.4. The van der Waals surface area contributed by atoms with Gasteiger partial charge in [-0.3, -0.25) is 4.90 Å². The lowest BCUT2D eigenvalue weighted by atomic mass is 9.94. The van der Waals surface area contributed by atoms with E-state index >= 15 is 0 Å². The van der Waals surface area contributed by atoms with E-state index < -0.39 is 24.0 Å². The van der Waals surface area contributed by atoms with Crippen molar-refractivity contribution < 1.29 is 34.0 Å². The van der Waals surface area contributed by atoms with Crippen molar-refractivity contribution in [1.29, 1.82) is 0 Å². The molecule has 11 heteroatoms. The summed E-state index contributed by atoms with van der Waals surface area (Å²) in [5, 5.41) is 22.0. The summed E-state index contributed by atoms with van der Waals surface area (Å²) in [7, 11) is 1.45. The quantitative estimate of drug-likeness (QED) is 0.0284. The van der Waals surface area contributed by atoms with Crippen LogP contribution in [-0.2, 0) is 14.2 Å². The Hall–Kier alpha value is -3.86. The molecule has 2 saturated heterocycles. The lowest BCUT2D eigenvalue weighted by molar-refractivity contribution is 0.0323. The van der Waals surface area contributed by atoms with Gasteiger partial charge in [0.15, 0.2) is 5.72 Å². The highest BCUT2D eigenvalue weighted by Gasteiger charge is 2.76. The van der Waals surface area contributed by atoms with E-state index in [1.807, 2.05) is 0 Å². The Kier molecular flexibility index (Phi) is 11.7. The summed E-state index contributed by atoms with van der Waals surface area (Å²) < 4.78 is 16.6. The average Bonchev–Trinajstić information content (AvgIpc) is 3.54. The molecule has 2 fully saturated rings. The van der Waals surface area contributed by atoms with Crippen LogP contribution in [0, 0.1) is 6.92 Å². The zero-order chi connectivity index (χ0) is 32.6. The van der Waals surface area contributed by atoms with Gasteiger partial charge in [-0.1, -0.05) is 69.8 Å². The molecule has 0 aliphatic carbocycles. The molecule has 0 saturated carbocycles. The van der Waals surface area contributed by atoms with Crippen LogP contribution in [0.15, 0.2) is 30.6 Å². The number of primary amides is 1. The number of ether oxygens (including phenoxy) is 3. The first-order chi connectivity index (χ1) is 21.7. The van der Waals surface area contributed by atoms with Crippen molar-refractivity contribution in [2.45, 2.75) is 109 Å². The Balaban J connectivity index is 1.22. The van der Waals surface area contributed by atoms with Gasteiger partial charge in [-0.05, 0) is 45.4 Å². The number of hydrogen-bond acceptors (Lipinski definition) is 9. The first-order valence-corrected chi connectivity index (χ1v) is 16.3. The molecule has 0 aromatic heterocycles. The Morgan fingerprint density at radius 1 is 0.978 bits per heavy atom. The van der Waals surface area contributed by atoms with Crippen molar-refractivity contribution in [2.24, 2.45) is 5.73 Å². The molecule has 2 amide bonds. The van der Waals surface area contributed by atoms with Gasteiger partial charge in [0.25, 0.3) is 0 Å². The van der Waals surface area contributed by atoms with Gasteiger partial charge in [0.2, 0.25) is 0 Å². The Morgan fingerprint density at radius 3 is 2.27 bits per heavy atom. The van der Waals surface area contributed by atoms with E-state index in [1.165, 1.54) is 45.6 Å². The van der Waals surface area contributed by atoms with Crippen LogP contribution in [0.2, 0.25) is 0 Å². The fourth-order valence-electron chi connectivity index (χ4n) is 6.68. The molecule has 3 aliphatic rings. The number of nitrogen functional groups attached to an aromatic ring is 1. The second-order valence-electron chi connectivity index (χ2n) is 12.1. The molecule has 1 aromatic carbocycles. The number of phenolic OH excluding ortho intramolecular Hbond substituents is 2. The van der Waals surface area contributed by atoms with Crippen molar-refractivity contribution in [2.75, 3.05) is 30.9 Å². The molecule has 0 bridgehead atoms. The van der Waals surface area contributed by atoms with Crippen LogP contribution in [0.3, 0.4) is 0 Å². The largest absolute Gasteiger partial charge is 0.505 e. The van der Waals surface area contributed by atoms with E-state index in [0.717, 1.165) is 44.8 Å². The van der Waals surface area contributed by atoms with Gasteiger partial charge >= 0.3 is 12.2 Å². The lowest BCUT2D eigenvalue weighted by Gasteiger charge is -2.37. The monoisotopic (exact) mass is 626 g/mol. The molecular weight excluding hydrogens is 576 g/mol. The van der Waals surface area contributed by atoms with Gasteiger partial charge in [-0.2, -0.15) is 0 Å². The van der Waals surface area contributed by atoms with Gasteiger partial charge in [-0.25, -0.2) is 9.59 Å². The normalized spacial score (nSPS) is 22.3. The number of amides is 2. The van der Waals surface area contributed by atoms with E-state index in [4.69, 9.17) is 25.7 Å². The fraction of sp³-hybridized carbons (Fsp3) is 0.588. The summed E-state index contributed by atoms with van der Waals surface area (Å²) in [6, 6.07) is -0.779. The number of carbonyl (C=O) groups is 2. The number of unbranched alkanes of at least 4 members (excludes halogenated alkanes) is 9. The molecule has 4 rings (SSSR count). The number of nitrogens with zero attached hydrogens (tertiary/aromatic N) is 2. The molecule has 6 N–H and O–H groups in total. The van der Waals surface area contributed by atoms with E-state index in [0.29, 0.717) is 24.4 Å². The Bertz CT molecular complexity index is 1310. The van der Waals surface area contributed by atoms with E-state index in [9.17, 15) is 19.8 Å². The first kappa shape index (κ1) is 34.0. The summed E-state index contributed by atoms with van der Waals surface area (Å²) in [5.74, 6) is -0.411. The maximum absolute atomic E-state index is 13.1. The highest BCUT2D eigenvalue weighted by atomic mass is 16.6. The van der Waals surface area contributed by atoms with Crippen molar-refractivity contribution >= 4 is 29.1 Å². The number of hydrogen-bond donors (Lipinski definition) is 4. The maximum Gasteiger partial charge on any atom is 0.410 e. The minimum atomic E-state index is -1.35. The predicted molar refractivity (Wildman–Crippen MR) is 175 cm³/mol. The summed E-state index contributed by atoms with van der Waals surface area (Å²) >= 11 is 0. The van der Waals surface area contributed by atoms with Gasteiger partial charge < -0.3 is 40.8 Å². The number of benzene rings is 1. The highest BCUT2D eigenvalue weighted by molar-refractivity contribution is 6.01. The number of anilines is 2. The van der Waals surface area contributed by atoms with Crippen LogP contribution in [0.4, 0.5) is 21.0 Å². The Labute approximate surface area is 266 Å². The SMILES string of the molecule is CCCCCC=CCC=CCCCCCCCCOC(=O)N1[C@H]2[C@@H]1CN1c3c(O)c(C)c(N)c(O)c3C(=COC(N)=O)[C@@]21OC. The minimum absolute atomic E-state index is 0.0134. The molecule has 45 heavy (non-hydrogen) atoms. The minimum Gasteiger partial charge on any atom is -0.505 e. The number of carbonyl (C=O) groups excluding carboxylic acids is 2. The van der Waals surface area contributed by atoms with E-state index in [1.54, 1.807) is 16.7 Å². The number of nitrogens with two attached hydrogens (primary N) is 2. The number of methoxy groups -OCH3 is 1. The molecular formula is C34H50N4O7. The molecule has 3 heterocycles. The maximum atomic E-state index is 13.1. The Morgan fingerprint density at radius 2 is 1.62 bits per heavy atom. The number of fused-ring (bicyclic) bond motifs is 5. The number of piperazine rings is 1. The number of allylic oxidation sites excluding steroid dienone is 4. The standard InChI is InChI=1S/C34H50N4O7/c1-4-5-6-7-8-9-10-11-12-13-14-15-16-17-18-19-20-44-33(42)38-25-21-37-28-26(30(40)27(35)23(2)29(28)39)24(22-45-32(36)41)34(37,43-3)31(25)38/h8-9,11-12,22,25,31,39-40H,4-7,10,13-21,35H2,1-3H3,(H2,36,41)/t25-,31-,34+,38?/m0/s1. The molecule has 3 atom stereocenters. The summed E-state index contributed by atoms with van der Waals surface area (Å²) in [6.07, 6.45) is 22.2. The molecule has 1 aromatic rings. The molecule has 0 spiro atoms. The predicted octanol–water partition coefficient (Wildman–Crippen LogP) is 6.60. The van der Waals surface area contributed by atoms with Crippen LogP contribution >= 0.6 is 0 Å². The molecule has 0 radical (unpaired) electrons. The molecule has 0 unspecified atom stereocenters. The van der Waals surface area contributed by atoms with Crippen molar-refractivity contribution in [3.8, 4) is 11.5 Å². The molecule has 11 nitrogen and oxygen atoms in total. The van der Waals surface area contributed by atoms with Crippen LogP contribution in [-0.4, -0.2) is 65.4 Å². The van der Waals surface area contributed by atoms with Gasteiger partial charge in [-0.15, -0.1) is 0 Å². The number of phenols is 2. The highest BCUT2D eigenvalue weighted by Crippen LogP contribution is 2.65.